The average molecular weight is 389 g/mol. The number of phenols is 1. The lowest BCUT2D eigenvalue weighted by atomic mass is 9.89. The molecule has 0 amide bonds. The van der Waals surface area contributed by atoms with Crippen molar-refractivity contribution in [2.75, 3.05) is 5.32 Å². The third-order valence-corrected chi connectivity index (χ3v) is 5.02. The molecular weight excluding hydrogens is 371 g/mol. The van der Waals surface area contributed by atoms with Gasteiger partial charge in [0.25, 0.3) is 0 Å². The second-order valence-electron chi connectivity index (χ2n) is 7.09. The molecule has 146 valence electrons. The number of aryl methyl sites for hydroxylation is 1. The maximum atomic E-state index is 13.0. The number of anilines is 1. The molecule has 1 aliphatic carbocycles. The summed E-state index contributed by atoms with van der Waals surface area (Å²) in [6.07, 6.45) is -3.62. The highest BCUT2D eigenvalue weighted by Crippen LogP contribution is 2.41. The Kier molecular flexibility index (Phi) is 4.38. The minimum absolute atomic E-state index is 0.0970. The molecule has 0 aliphatic heterocycles. The minimum Gasteiger partial charge on any atom is -0.507 e. The highest BCUT2D eigenvalue weighted by Gasteiger charge is 2.32. The van der Waals surface area contributed by atoms with Crippen molar-refractivity contribution in [2.24, 2.45) is 0 Å². The van der Waals surface area contributed by atoms with Crippen LogP contribution < -0.4 is 5.32 Å². The molecule has 1 fully saturated rings. The molecule has 1 aromatic heterocycles. The second-order valence-corrected chi connectivity index (χ2v) is 7.09. The van der Waals surface area contributed by atoms with E-state index in [9.17, 15) is 23.4 Å². The summed E-state index contributed by atoms with van der Waals surface area (Å²) in [5.41, 5.74) is -0.110. The zero-order chi connectivity index (χ0) is 20.1. The Morgan fingerprint density at radius 1 is 1.07 bits per heavy atom. The van der Waals surface area contributed by atoms with Crippen LogP contribution in [0.2, 0.25) is 0 Å². The largest absolute Gasteiger partial charge is 0.507 e. The molecule has 0 unspecified atom stereocenters. The van der Waals surface area contributed by atoms with Gasteiger partial charge in [-0.05, 0) is 37.5 Å². The Balaban J connectivity index is 1.82. The van der Waals surface area contributed by atoms with Crippen LogP contribution in [0.5, 0.6) is 5.75 Å². The predicted molar refractivity (Wildman–Crippen MR) is 99.0 cm³/mol. The Labute approximate surface area is 158 Å². The van der Waals surface area contributed by atoms with Gasteiger partial charge in [-0.25, -0.2) is 0 Å². The Morgan fingerprint density at radius 2 is 1.75 bits per heavy atom. The standard InChI is InChI=1S/C20H18F3N3O2/c1-10-6-11(20(21,22)23)7-16(28)17(10)18-14-4-2-3-5-15(14)19(26-25-18)24-12-8-13(27)9-12/h2-7,12-13,27-28H,8-9H2,1H3,(H,24,26). The van der Waals surface area contributed by atoms with E-state index in [1.54, 1.807) is 12.1 Å². The van der Waals surface area contributed by atoms with Crippen LogP contribution in [0.25, 0.3) is 22.0 Å². The maximum absolute atomic E-state index is 13.0. The molecule has 4 rings (SSSR count). The Hall–Kier alpha value is -2.87. The molecular formula is C20H18F3N3O2. The number of nitrogens with one attached hydrogen (secondary N) is 1. The van der Waals surface area contributed by atoms with Gasteiger partial charge in [0.1, 0.15) is 11.4 Å². The van der Waals surface area contributed by atoms with Crippen LogP contribution in [0.1, 0.15) is 24.0 Å². The normalized spacial score (nSPS) is 19.5. The number of rotatable bonds is 3. The van der Waals surface area contributed by atoms with Gasteiger partial charge in [0.05, 0.1) is 11.7 Å². The van der Waals surface area contributed by atoms with Crippen LogP contribution in [0.3, 0.4) is 0 Å². The fourth-order valence-electron chi connectivity index (χ4n) is 3.53. The summed E-state index contributed by atoms with van der Waals surface area (Å²) in [6.45, 7) is 1.50. The van der Waals surface area contributed by atoms with Gasteiger partial charge in [-0.1, -0.05) is 24.3 Å². The van der Waals surface area contributed by atoms with E-state index in [-0.39, 0.29) is 23.3 Å². The number of nitrogens with zero attached hydrogens (tertiary/aromatic N) is 2. The minimum atomic E-state index is -4.55. The summed E-state index contributed by atoms with van der Waals surface area (Å²) in [5.74, 6) is 0.0508. The van der Waals surface area contributed by atoms with E-state index in [0.29, 0.717) is 35.8 Å². The first kappa shape index (κ1) is 18.5. The van der Waals surface area contributed by atoms with Crippen LogP contribution in [-0.4, -0.2) is 32.6 Å². The summed E-state index contributed by atoms with van der Waals surface area (Å²) in [7, 11) is 0. The molecule has 0 saturated heterocycles. The maximum Gasteiger partial charge on any atom is 0.416 e. The fraction of sp³-hybridized carbons (Fsp3) is 0.300. The van der Waals surface area contributed by atoms with Crippen LogP contribution in [0.15, 0.2) is 36.4 Å². The number of fused-ring (bicyclic) bond motifs is 1. The monoisotopic (exact) mass is 389 g/mol. The summed E-state index contributed by atoms with van der Waals surface area (Å²) in [4.78, 5) is 0. The number of aromatic nitrogens is 2. The number of benzene rings is 2. The van der Waals surface area contributed by atoms with Crippen LogP contribution in [0, 0.1) is 6.92 Å². The van der Waals surface area contributed by atoms with Gasteiger partial charge in [-0.3, -0.25) is 0 Å². The number of halogens is 3. The highest BCUT2D eigenvalue weighted by atomic mass is 19.4. The van der Waals surface area contributed by atoms with Crippen molar-refractivity contribution in [1.82, 2.24) is 10.2 Å². The van der Waals surface area contributed by atoms with Gasteiger partial charge in [0.15, 0.2) is 5.82 Å². The second kappa shape index (κ2) is 6.63. The molecule has 0 atom stereocenters. The van der Waals surface area contributed by atoms with Crippen molar-refractivity contribution in [3.63, 3.8) is 0 Å². The predicted octanol–water partition coefficient (Wildman–Crippen LogP) is 4.26. The van der Waals surface area contributed by atoms with Crippen LogP contribution >= 0.6 is 0 Å². The zero-order valence-corrected chi connectivity index (χ0v) is 15.0. The first-order valence-electron chi connectivity index (χ1n) is 8.85. The summed E-state index contributed by atoms with van der Waals surface area (Å²) >= 11 is 0. The number of alkyl halides is 3. The number of aliphatic hydroxyl groups excluding tert-OH is 1. The lowest BCUT2D eigenvalue weighted by Crippen LogP contribution is -2.39. The SMILES string of the molecule is Cc1cc(C(F)(F)F)cc(O)c1-c1nnc(NC2CC(O)C2)c2ccccc12. The lowest BCUT2D eigenvalue weighted by molar-refractivity contribution is -0.137. The first-order chi connectivity index (χ1) is 13.2. The van der Waals surface area contributed by atoms with E-state index < -0.39 is 17.5 Å². The molecule has 0 spiro atoms. The molecule has 28 heavy (non-hydrogen) atoms. The zero-order valence-electron chi connectivity index (χ0n) is 15.0. The van der Waals surface area contributed by atoms with E-state index in [1.165, 1.54) is 6.92 Å². The van der Waals surface area contributed by atoms with Crippen molar-refractivity contribution in [3.05, 3.63) is 47.5 Å². The van der Waals surface area contributed by atoms with Crippen molar-refractivity contribution < 1.29 is 23.4 Å². The topological polar surface area (TPSA) is 78.3 Å². The average Bonchev–Trinajstić information content (AvgIpc) is 2.60. The fourth-order valence-corrected chi connectivity index (χ4v) is 3.53. The van der Waals surface area contributed by atoms with Gasteiger partial charge in [-0.2, -0.15) is 13.2 Å². The molecule has 3 N–H and O–H groups in total. The molecule has 1 heterocycles. The summed E-state index contributed by atoms with van der Waals surface area (Å²) in [6, 6.07) is 9.04. The summed E-state index contributed by atoms with van der Waals surface area (Å²) < 4.78 is 39.0. The molecule has 0 bridgehead atoms. The third-order valence-electron chi connectivity index (χ3n) is 5.02. The van der Waals surface area contributed by atoms with Gasteiger partial charge in [-0.15, -0.1) is 10.2 Å². The number of aromatic hydroxyl groups is 1. The number of hydrogen-bond donors (Lipinski definition) is 3. The molecule has 0 radical (unpaired) electrons. The summed E-state index contributed by atoms with van der Waals surface area (Å²) in [5, 5.41) is 32.9. The first-order valence-corrected chi connectivity index (χ1v) is 8.85. The number of aliphatic hydroxyl groups is 1. The van der Waals surface area contributed by atoms with Crippen LogP contribution in [0.4, 0.5) is 19.0 Å². The highest BCUT2D eigenvalue weighted by molar-refractivity contribution is 6.01. The Bertz CT molecular complexity index is 1020. The molecule has 1 aliphatic rings. The molecule has 2 aromatic carbocycles. The number of phenolic OH excluding ortho intramolecular Hbond substituents is 1. The van der Waals surface area contributed by atoms with Crippen molar-refractivity contribution >= 4 is 16.6 Å². The molecule has 1 saturated carbocycles. The Morgan fingerprint density at radius 3 is 2.36 bits per heavy atom. The van der Waals surface area contributed by atoms with E-state index in [0.717, 1.165) is 11.5 Å². The van der Waals surface area contributed by atoms with Crippen LogP contribution in [-0.2, 0) is 6.18 Å². The van der Waals surface area contributed by atoms with E-state index in [1.807, 2.05) is 12.1 Å². The van der Waals surface area contributed by atoms with Crippen molar-refractivity contribution in [3.8, 4) is 17.0 Å². The van der Waals surface area contributed by atoms with Gasteiger partial charge in [0.2, 0.25) is 0 Å². The van der Waals surface area contributed by atoms with Crippen molar-refractivity contribution in [2.45, 2.75) is 38.1 Å². The van der Waals surface area contributed by atoms with E-state index >= 15 is 0 Å². The quantitative estimate of drug-likeness (QED) is 0.624. The number of hydrogen-bond acceptors (Lipinski definition) is 5. The van der Waals surface area contributed by atoms with E-state index in [2.05, 4.69) is 15.5 Å². The smallest absolute Gasteiger partial charge is 0.416 e. The molecule has 3 aromatic rings. The van der Waals surface area contributed by atoms with Crippen molar-refractivity contribution in [1.29, 1.82) is 0 Å². The molecule has 5 nitrogen and oxygen atoms in total. The van der Waals surface area contributed by atoms with Gasteiger partial charge in [0, 0.05) is 22.4 Å². The lowest BCUT2D eigenvalue weighted by Gasteiger charge is -2.32. The van der Waals surface area contributed by atoms with E-state index in [4.69, 9.17) is 0 Å². The third kappa shape index (κ3) is 3.24. The molecule has 8 heteroatoms. The van der Waals surface area contributed by atoms with Gasteiger partial charge < -0.3 is 15.5 Å². The van der Waals surface area contributed by atoms with Gasteiger partial charge >= 0.3 is 6.18 Å².